The topological polar surface area (TPSA) is 72.8 Å². The van der Waals surface area contributed by atoms with E-state index in [9.17, 15) is 19.1 Å². The number of Topliss-reactive ketones (excluding diaryl/α,β-unsaturated/α-hetero) is 1. The minimum absolute atomic E-state index is 0.0557. The Morgan fingerprint density at radius 1 is 1.17 bits per heavy atom. The quantitative estimate of drug-likeness (QED) is 0.377. The molecule has 0 radical (unpaired) electrons. The lowest BCUT2D eigenvalue weighted by atomic mass is 9.90. The zero-order valence-electron chi connectivity index (χ0n) is 16.9. The first-order valence-electron chi connectivity index (χ1n) is 9.30. The van der Waals surface area contributed by atoms with Crippen LogP contribution < -0.4 is 4.74 Å². The highest BCUT2D eigenvalue weighted by molar-refractivity contribution is 6.01. The summed E-state index contributed by atoms with van der Waals surface area (Å²) in [4.78, 5) is 25.4. The number of phenolic OH excluding ortho intramolecular Hbond substituents is 1. The van der Waals surface area contributed by atoms with Crippen molar-refractivity contribution in [2.45, 2.75) is 33.1 Å². The second kappa shape index (κ2) is 9.87. The van der Waals surface area contributed by atoms with E-state index < -0.39 is 11.8 Å². The average molecular weight is 400 g/mol. The number of carbonyl (C=O) groups is 2. The number of hydrogen-bond donors (Lipinski definition) is 1. The molecule has 0 saturated carbocycles. The van der Waals surface area contributed by atoms with E-state index in [-0.39, 0.29) is 30.1 Å². The van der Waals surface area contributed by atoms with Gasteiger partial charge >= 0.3 is 5.97 Å². The van der Waals surface area contributed by atoms with Crippen molar-refractivity contribution in [2.75, 3.05) is 13.7 Å². The minimum atomic E-state index is -0.717. The van der Waals surface area contributed by atoms with Gasteiger partial charge in [0.05, 0.1) is 13.7 Å². The Bertz CT molecular complexity index is 916. The van der Waals surface area contributed by atoms with Gasteiger partial charge in [-0.25, -0.2) is 9.18 Å². The van der Waals surface area contributed by atoms with Crippen molar-refractivity contribution in [1.29, 1.82) is 0 Å². The maximum atomic E-state index is 13.2. The van der Waals surface area contributed by atoms with Gasteiger partial charge in [0.15, 0.2) is 5.78 Å². The first-order chi connectivity index (χ1) is 13.8. The highest BCUT2D eigenvalue weighted by Gasteiger charge is 2.26. The zero-order valence-corrected chi connectivity index (χ0v) is 16.9. The molecular weight excluding hydrogens is 375 g/mol. The van der Waals surface area contributed by atoms with Gasteiger partial charge in [0.2, 0.25) is 0 Å². The molecule has 0 fully saturated rings. The van der Waals surface area contributed by atoms with Crippen LogP contribution in [0, 0.1) is 5.82 Å². The van der Waals surface area contributed by atoms with E-state index in [4.69, 9.17) is 9.47 Å². The molecule has 0 saturated heterocycles. The van der Waals surface area contributed by atoms with E-state index in [0.29, 0.717) is 35.3 Å². The fraction of sp³-hybridized carbons (Fsp3) is 0.304. The Hall–Kier alpha value is -3.15. The second-order valence-electron chi connectivity index (χ2n) is 6.71. The van der Waals surface area contributed by atoms with Crippen molar-refractivity contribution in [3.8, 4) is 11.5 Å². The molecular formula is C23H25FO5. The van der Waals surface area contributed by atoms with Gasteiger partial charge in [0, 0.05) is 18.1 Å². The summed E-state index contributed by atoms with van der Waals surface area (Å²) in [5, 5.41) is 10.5. The summed E-state index contributed by atoms with van der Waals surface area (Å²) in [7, 11) is 1.45. The Balaban J connectivity index is 2.60. The number of benzene rings is 2. The van der Waals surface area contributed by atoms with E-state index in [1.54, 1.807) is 6.92 Å². The third kappa shape index (κ3) is 5.44. The van der Waals surface area contributed by atoms with Crippen LogP contribution in [0.15, 0.2) is 42.5 Å². The Kier molecular flexibility index (Phi) is 7.53. The van der Waals surface area contributed by atoms with Crippen molar-refractivity contribution in [1.82, 2.24) is 0 Å². The number of carbonyl (C=O) groups excluding carboxylic acids is 2. The lowest BCUT2D eigenvalue weighted by Gasteiger charge is -2.19. The molecule has 1 N–H and O–H groups in total. The first-order valence-corrected chi connectivity index (χ1v) is 9.30. The molecule has 0 aliphatic rings. The Morgan fingerprint density at radius 2 is 1.83 bits per heavy atom. The number of ketones is 1. The summed E-state index contributed by atoms with van der Waals surface area (Å²) in [5.41, 5.74) is 2.14. The lowest BCUT2D eigenvalue weighted by Crippen LogP contribution is -2.15. The van der Waals surface area contributed by atoms with Crippen LogP contribution in [-0.2, 0) is 17.6 Å². The molecule has 6 heteroatoms. The molecule has 0 aliphatic heterocycles. The molecule has 0 aliphatic carbocycles. The predicted molar refractivity (Wildman–Crippen MR) is 108 cm³/mol. The Morgan fingerprint density at radius 3 is 2.38 bits per heavy atom. The smallest absolute Gasteiger partial charge is 0.342 e. The normalized spacial score (nSPS) is 10.5. The molecule has 0 bridgehead atoms. The number of esters is 1. The molecule has 0 amide bonds. The van der Waals surface area contributed by atoms with Gasteiger partial charge in [-0.2, -0.15) is 0 Å². The molecule has 154 valence electrons. The zero-order chi connectivity index (χ0) is 21.6. The van der Waals surface area contributed by atoms with Gasteiger partial charge in [-0.3, -0.25) is 4.79 Å². The third-order valence-electron chi connectivity index (χ3n) is 4.49. The summed E-state index contributed by atoms with van der Waals surface area (Å²) in [6, 6.07) is 6.52. The van der Waals surface area contributed by atoms with Crippen molar-refractivity contribution in [3.63, 3.8) is 0 Å². The maximum Gasteiger partial charge on any atom is 0.342 e. The molecule has 0 unspecified atom stereocenters. The van der Waals surface area contributed by atoms with Crippen molar-refractivity contribution >= 4 is 11.8 Å². The number of halogens is 1. The molecule has 2 aromatic rings. The number of hydrogen-bond acceptors (Lipinski definition) is 5. The molecule has 2 aromatic carbocycles. The van der Waals surface area contributed by atoms with E-state index in [1.807, 2.05) is 6.92 Å². The third-order valence-corrected chi connectivity index (χ3v) is 4.49. The molecule has 0 heterocycles. The molecule has 29 heavy (non-hydrogen) atoms. The lowest BCUT2D eigenvalue weighted by molar-refractivity contribution is 0.0521. The van der Waals surface area contributed by atoms with Crippen LogP contribution in [0.5, 0.6) is 11.5 Å². The van der Waals surface area contributed by atoms with Gasteiger partial charge in [-0.15, -0.1) is 6.58 Å². The van der Waals surface area contributed by atoms with Crippen LogP contribution in [0.2, 0.25) is 0 Å². The fourth-order valence-corrected chi connectivity index (χ4v) is 3.06. The fourth-order valence-electron chi connectivity index (χ4n) is 3.06. The minimum Gasteiger partial charge on any atom is -0.507 e. The van der Waals surface area contributed by atoms with Gasteiger partial charge < -0.3 is 14.6 Å². The highest BCUT2D eigenvalue weighted by atomic mass is 19.1. The van der Waals surface area contributed by atoms with Crippen LogP contribution in [0.4, 0.5) is 4.39 Å². The van der Waals surface area contributed by atoms with Gasteiger partial charge in [-0.1, -0.05) is 5.57 Å². The monoisotopic (exact) mass is 400 g/mol. The van der Waals surface area contributed by atoms with Crippen LogP contribution in [0.3, 0.4) is 0 Å². The number of phenols is 1. The first kappa shape index (κ1) is 22.1. The number of allylic oxidation sites excluding steroid dienone is 1. The van der Waals surface area contributed by atoms with E-state index >= 15 is 0 Å². The summed E-state index contributed by atoms with van der Waals surface area (Å²) in [6.07, 6.45) is 0.911. The van der Waals surface area contributed by atoms with Crippen LogP contribution in [0.25, 0.3) is 0 Å². The Labute approximate surface area is 169 Å². The number of methoxy groups -OCH3 is 1. The van der Waals surface area contributed by atoms with Crippen LogP contribution >= 0.6 is 0 Å². The molecule has 2 rings (SSSR count). The molecule has 0 spiro atoms. The largest absolute Gasteiger partial charge is 0.507 e. The summed E-state index contributed by atoms with van der Waals surface area (Å²) in [5.74, 6) is -1.43. The van der Waals surface area contributed by atoms with Crippen molar-refractivity contribution < 1.29 is 28.6 Å². The van der Waals surface area contributed by atoms with E-state index in [1.165, 1.54) is 37.4 Å². The van der Waals surface area contributed by atoms with Gasteiger partial charge in [-0.05, 0) is 62.1 Å². The van der Waals surface area contributed by atoms with Crippen LogP contribution in [-0.4, -0.2) is 30.6 Å². The molecule has 5 nitrogen and oxygen atoms in total. The predicted octanol–water partition coefficient (Wildman–Crippen LogP) is 4.65. The average Bonchev–Trinajstić information content (AvgIpc) is 2.67. The standard InChI is InChI=1S/C23H25FO5/c1-5-29-23(27)22-18(12-19(25)15-7-9-16(24)10-8-15)17(11-6-14(2)3)21(28-4)13-20(22)26/h7-10,13,26H,2,5-6,11-12H2,1,3-4H3. The maximum absolute atomic E-state index is 13.2. The van der Waals surface area contributed by atoms with E-state index in [2.05, 4.69) is 6.58 Å². The molecule has 0 aromatic heterocycles. The summed E-state index contributed by atoms with van der Waals surface area (Å²) in [6.45, 7) is 7.55. The van der Waals surface area contributed by atoms with E-state index in [0.717, 1.165) is 5.57 Å². The SMILES string of the molecule is C=C(C)CCc1c(OC)cc(O)c(C(=O)OCC)c1CC(=O)c1ccc(F)cc1. The number of rotatable bonds is 9. The van der Waals surface area contributed by atoms with Gasteiger partial charge in [0.1, 0.15) is 22.9 Å². The number of aromatic hydroxyl groups is 1. The van der Waals surface area contributed by atoms with Crippen molar-refractivity contribution in [2.24, 2.45) is 0 Å². The highest BCUT2D eigenvalue weighted by Crippen LogP contribution is 2.36. The second-order valence-corrected chi connectivity index (χ2v) is 6.71. The molecule has 0 atom stereocenters. The van der Waals surface area contributed by atoms with Gasteiger partial charge in [0.25, 0.3) is 0 Å². The summed E-state index contributed by atoms with van der Waals surface area (Å²) < 4.78 is 23.7. The summed E-state index contributed by atoms with van der Waals surface area (Å²) >= 11 is 0. The number of ether oxygens (including phenoxy) is 2. The van der Waals surface area contributed by atoms with Crippen molar-refractivity contribution in [3.05, 3.63) is 70.6 Å². The van der Waals surface area contributed by atoms with Crippen LogP contribution in [0.1, 0.15) is 52.1 Å².